The summed E-state index contributed by atoms with van der Waals surface area (Å²) in [5.74, 6) is 0. The van der Waals surface area contributed by atoms with E-state index in [2.05, 4.69) is 51.1 Å². The van der Waals surface area contributed by atoms with E-state index in [1.165, 1.54) is 115 Å². The van der Waals surface area contributed by atoms with Crippen LogP contribution in [0, 0.1) is 6.92 Å². The van der Waals surface area contributed by atoms with Crippen LogP contribution in [0.1, 0.15) is 106 Å². The van der Waals surface area contributed by atoms with Crippen molar-refractivity contribution < 1.29 is 0 Å². The van der Waals surface area contributed by atoms with Gasteiger partial charge >= 0.3 is 0 Å². The second-order valence-corrected chi connectivity index (χ2v) is 12.8. The molecule has 0 saturated carbocycles. The molecule has 32 heavy (non-hydrogen) atoms. The third-order valence-electron chi connectivity index (χ3n) is 6.22. The summed E-state index contributed by atoms with van der Waals surface area (Å²) in [5, 5.41) is 0. The first-order valence-corrected chi connectivity index (χ1v) is 15.4. The number of hydrogen-bond donors (Lipinski definition) is 0. The molecule has 0 N–H and O–H groups in total. The summed E-state index contributed by atoms with van der Waals surface area (Å²) in [6.45, 7) is 6.84. The van der Waals surface area contributed by atoms with E-state index in [1.807, 2.05) is 34.0 Å². The Morgan fingerprint density at radius 3 is 1.66 bits per heavy atom. The number of thiophene rings is 3. The van der Waals surface area contributed by atoms with Gasteiger partial charge in [0.25, 0.3) is 0 Å². The molecule has 3 heterocycles. The lowest BCUT2D eigenvalue weighted by Crippen LogP contribution is -1.82. The SMILES string of the molecule is CCCCCCCCc1ccc(-c2cc(C)sc2-c2ccc(CCCCCCCC)s2)s1. The zero-order valence-electron chi connectivity index (χ0n) is 20.5. The molecule has 0 aliphatic rings. The minimum Gasteiger partial charge on any atom is -0.140 e. The second kappa shape index (κ2) is 14.4. The third kappa shape index (κ3) is 8.15. The van der Waals surface area contributed by atoms with Gasteiger partial charge in [-0.3, -0.25) is 0 Å². The molecule has 0 amide bonds. The smallest absolute Gasteiger partial charge is 0.0532 e. The molecule has 0 aliphatic heterocycles. The third-order valence-corrected chi connectivity index (χ3v) is 9.78. The minimum absolute atomic E-state index is 1.25. The molecule has 0 aromatic carbocycles. The van der Waals surface area contributed by atoms with Crippen molar-refractivity contribution in [2.75, 3.05) is 0 Å². The topological polar surface area (TPSA) is 0 Å². The average molecular weight is 487 g/mol. The summed E-state index contributed by atoms with van der Waals surface area (Å²) >= 11 is 6.01. The second-order valence-electron chi connectivity index (χ2n) is 9.17. The maximum absolute atomic E-state index is 2.41. The highest BCUT2D eigenvalue weighted by Gasteiger charge is 2.15. The van der Waals surface area contributed by atoms with Gasteiger partial charge in [0, 0.05) is 29.9 Å². The maximum atomic E-state index is 2.41. The fraction of sp³-hybridized carbons (Fsp3) is 0.586. The first-order valence-electron chi connectivity index (χ1n) is 13.0. The van der Waals surface area contributed by atoms with Crippen molar-refractivity contribution in [3.63, 3.8) is 0 Å². The van der Waals surface area contributed by atoms with E-state index in [9.17, 15) is 0 Å². The Morgan fingerprint density at radius 2 is 1.06 bits per heavy atom. The Balaban J connectivity index is 1.56. The van der Waals surface area contributed by atoms with Crippen LogP contribution in [0.3, 0.4) is 0 Å². The van der Waals surface area contributed by atoms with Gasteiger partial charge in [-0.15, -0.1) is 34.0 Å². The van der Waals surface area contributed by atoms with E-state index in [0.717, 1.165) is 0 Å². The van der Waals surface area contributed by atoms with Crippen LogP contribution in [0.15, 0.2) is 30.3 Å². The fourth-order valence-corrected chi connectivity index (χ4v) is 7.67. The van der Waals surface area contributed by atoms with Crippen LogP contribution < -0.4 is 0 Å². The average Bonchev–Trinajstić information content (AvgIpc) is 3.52. The molecular weight excluding hydrogens is 445 g/mol. The van der Waals surface area contributed by atoms with E-state index in [0.29, 0.717) is 0 Å². The van der Waals surface area contributed by atoms with Gasteiger partial charge in [-0.2, -0.15) is 0 Å². The van der Waals surface area contributed by atoms with E-state index in [-0.39, 0.29) is 0 Å². The number of unbranched alkanes of at least 4 members (excludes halogenated alkanes) is 10. The van der Waals surface area contributed by atoms with Crippen molar-refractivity contribution in [2.45, 2.75) is 111 Å². The first-order chi connectivity index (χ1) is 15.7. The van der Waals surface area contributed by atoms with Crippen LogP contribution in [0.5, 0.6) is 0 Å². The Hall–Kier alpha value is -0.900. The van der Waals surface area contributed by atoms with Gasteiger partial charge in [-0.1, -0.05) is 78.1 Å². The normalized spacial score (nSPS) is 11.5. The van der Waals surface area contributed by atoms with Crippen molar-refractivity contribution in [3.8, 4) is 20.2 Å². The summed E-state index contributed by atoms with van der Waals surface area (Å²) < 4.78 is 0. The van der Waals surface area contributed by atoms with Gasteiger partial charge in [-0.05, 0) is 62.9 Å². The van der Waals surface area contributed by atoms with Crippen molar-refractivity contribution in [2.24, 2.45) is 0 Å². The van der Waals surface area contributed by atoms with E-state index >= 15 is 0 Å². The molecule has 3 heteroatoms. The Bertz CT molecular complexity index is 824. The lowest BCUT2D eigenvalue weighted by atomic mass is 10.1. The van der Waals surface area contributed by atoms with Gasteiger partial charge < -0.3 is 0 Å². The summed E-state index contributed by atoms with van der Waals surface area (Å²) in [5.41, 5.74) is 1.46. The number of rotatable bonds is 16. The van der Waals surface area contributed by atoms with E-state index in [1.54, 1.807) is 9.75 Å². The Labute approximate surface area is 209 Å². The standard InChI is InChI=1S/C29H42S3/c1-4-6-8-10-12-14-16-24-18-20-27(31-24)26-22-23(3)30-29(26)28-21-19-25(32-28)17-15-13-11-9-7-5-2/h18-22H,4-17H2,1-3H3. The molecule has 3 aromatic heterocycles. The molecule has 0 unspecified atom stereocenters. The number of aryl methyl sites for hydroxylation is 3. The molecule has 0 nitrogen and oxygen atoms in total. The predicted molar refractivity (Wildman–Crippen MR) is 150 cm³/mol. The summed E-state index contributed by atoms with van der Waals surface area (Å²) in [4.78, 5) is 8.94. The predicted octanol–water partition coefficient (Wildman–Crippen LogP) is 11.3. The van der Waals surface area contributed by atoms with Crippen LogP contribution in [0.25, 0.3) is 20.2 Å². The monoisotopic (exact) mass is 486 g/mol. The molecular formula is C29H42S3. The highest BCUT2D eigenvalue weighted by Crippen LogP contribution is 2.44. The zero-order chi connectivity index (χ0) is 22.6. The molecule has 0 radical (unpaired) electrons. The molecule has 0 atom stereocenters. The van der Waals surface area contributed by atoms with Gasteiger partial charge in [0.1, 0.15) is 0 Å². The molecule has 0 bridgehead atoms. The lowest BCUT2D eigenvalue weighted by Gasteiger charge is -2.01. The highest BCUT2D eigenvalue weighted by atomic mass is 32.1. The first kappa shape index (κ1) is 25.7. The minimum atomic E-state index is 1.25. The molecule has 176 valence electrons. The van der Waals surface area contributed by atoms with Crippen molar-refractivity contribution in [1.29, 1.82) is 0 Å². The van der Waals surface area contributed by atoms with Crippen molar-refractivity contribution in [1.82, 2.24) is 0 Å². The van der Waals surface area contributed by atoms with Gasteiger partial charge in [0.05, 0.1) is 4.88 Å². The summed E-state index contributed by atoms with van der Waals surface area (Å²) in [6.07, 6.45) is 19.0. The van der Waals surface area contributed by atoms with Crippen LogP contribution in [-0.4, -0.2) is 0 Å². The summed E-state index contributed by atoms with van der Waals surface area (Å²) in [7, 11) is 0. The van der Waals surface area contributed by atoms with Crippen LogP contribution in [0.2, 0.25) is 0 Å². The molecule has 0 aliphatic carbocycles. The maximum Gasteiger partial charge on any atom is 0.0532 e. The van der Waals surface area contributed by atoms with Crippen molar-refractivity contribution >= 4 is 34.0 Å². The van der Waals surface area contributed by atoms with Gasteiger partial charge in [-0.25, -0.2) is 0 Å². The molecule has 0 fully saturated rings. The van der Waals surface area contributed by atoms with E-state index in [4.69, 9.17) is 0 Å². The summed E-state index contributed by atoms with van der Waals surface area (Å²) in [6, 6.07) is 11.9. The van der Waals surface area contributed by atoms with Gasteiger partial charge in [0.2, 0.25) is 0 Å². The van der Waals surface area contributed by atoms with Crippen molar-refractivity contribution in [3.05, 3.63) is 45.0 Å². The van der Waals surface area contributed by atoms with Crippen LogP contribution >= 0.6 is 34.0 Å². The van der Waals surface area contributed by atoms with Crippen LogP contribution in [0.4, 0.5) is 0 Å². The number of hydrogen-bond acceptors (Lipinski definition) is 3. The molecule has 0 saturated heterocycles. The molecule has 3 aromatic rings. The lowest BCUT2D eigenvalue weighted by molar-refractivity contribution is 0.609. The fourth-order valence-electron chi connectivity index (χ4n) is 4.33. The highest BCUT2D eigenvalue weighted by molar-refractivity contribution is 7.23. The van der Waals surface area contributed by atoms with Gasteiger partial charge in [0.15, 0.2) is 0 Å². The molecule has 3 rings (SSSR count). The Morgan fingerprint density at radius 1 is 0.562 bits per heavy atom. The van der Waals surface area contributed by atoms with Crippen LogP contribution in [-0.2, 0) is 12.8 Å². The largest absolute Gasteiger partial charge is 0.140 e. The van der Waals surface area contributed by atoms with E-state index < -0.39 is 0 Å². The quantitative estimate of drug-likeness (QED) is 0.177. The molecule has 0 spiro atoms. The zero-order valence-corrected chi connectivity index (χ0v) is 23.0. The Kier molecular flexibility index (Phi) is 11.6.